The summed E-state index contributed by atoms with van der Waals surface area (Å²) in [5.41, 5.74) is 0. The van der Waals surface area contributed by atoms with Crippen molar-refractivity contribution < 1.29 is 13.7 Å². The van der Waals surface area contributed by atoms with Gasteiger partial charge in [0.1, 0.15) is 0 Å². The summed E-state index contributed by atoms with van der Waals surface area (Å²) in [5.74, 6) is 0. The van der Waals surface area contributed by atoms with Crippen molar-refractivity contribution in [2.75, 3.05) is 68.6 Å². The highest BCUT2D eigenvalue weighted by Crippen LogP contribution is 1.96. The average Bonchev–Trinajstić information content (AvgIpc) is 1.98. The maximum absolute atomic E-state index is 5.60. The number of rotatable bonds is 8. The second-order valence-electron chi connectivity index (χ2n) is 6.35. The summed E-state index contributed by atoms with van der Waals surface area (Å²) in [6.45, 7) is 4.20. The molecule has 0 aromatic carbocycles. The van der Waals surface area contributed by atoms with Gasteiger partial charge in [-0.25, -0.2) is 0 Å². The van der Waals surface area contributed by atoms with Crippen molar-refractivity contribution in [3.63, 3.8) is 0 Å². The largest absolute Gasteiger partial charge is 0.381 e. The summed E-state index contributed by atoms with van der Waals surface area (Å²) in [4.78, 5) is 0. The van der Waals surface area contributed by atoms with E-state index in [0.29, 0.717) is 0 Å². The van der Waals surface area contributed by atoms with Gasteiger partial charge in [-0.2, -0.15) is 0 Å². The Balaban J connectivity index is 3.20. The third-order valence-corrected chi connectivity index (χ3v) is 2.24. The minimum absolute atomic E-state index is 0.909. The second kappa shape index (κ2) is 6.46. The third kappa shape index (κ3) is 13.9. The highest BCUT2D eigenvalue weighted by atomic mass is 16.5. The predicted molar refractivity (Wildman–Crippen MR) is 65.9 cm³/mol. The van der Waals surface area contributed by atoms with Gasteiger partial charge in [-0.1, -0.05) is 0 Å². The Morgan fingerprint density at radius 3 is 1.27 bits per heavy atom. The first-order chi connectivity index (χ1) is 6.71. The number of quaternary nitrogens is 2. The SMILES string of the molecule is C[N+](C)(C)CCCOCCC[N+](C)(C)C. The van der Waals surface area contributed by atoms with Crippen LogP contribution in [-0.4, -0.2) is 77.6 Å². The molecule has 3 heteroatoms. The fraction of sp³-hybridized carbons (Fsp3) is 1.00. The molecular formula is C12H30N2O+2. The number of nitrogens with zero attached hydrogens (tertiary/aromatic N) is 2. The van der Waals surface area contributed by atoms with Crippen LogP contribution in [0.25, 0.3) is 0 Å². The lowest BCUT2D eigenvalue weighted by molar-refractivity contribution is -0.871. The summed E-state index contributed by atoms with van der Waals surface area (Å²) < 4.78 is 7.66. The number of hydrogen-bond donors (Lipinski definition) is 0. The van der Waals surface area contributed by atoms with Gasteiger partial charge in [0.2, 0.25) is 0 Å². The molecule has 0 heterocycles. The molecule has 0 bridgehead atoms. The maximum Gasteiger partial charge on any atom is 0.0802 e. The van der Waals surface area contributed by atoms with Gasteiger partial charge in [0.05, 0.1) is 68.6 Å². The van der Waals surface area contributed by atoms with Gasteiger partial charge in [0.25, 0.3) is 0 Å². The molecule has 0 aromatic heterocycles. The maximum atomic E-state index is 5.60. The molecule has 0 fully saturated rings. The highest BCUT2D eigenvalue weighted by Gasteiger charge is 2.07. The summed E-state index contributed by atoms with van der Waals surface area (Å²) in [5, 5.41) is 0. The molecule has 0 N–H and O–H groups in total. The molecule has 0 spiro atoms. The molecule has 0 rings (SSSR count). The zero-order chi connectivity index (χ0) is 11.9. The van der Waals surface area contributed by atoms with Gasteiger partial charge >= 0.3 is 0 Å². The van der Waals surface area contributed by atoms with Crippen LogP contribution in [0.15, 0.2) is 0 Å². The standard InChI is InChI=1S/C12H30N2O/c1-13(2,3)9-7-11-15-12-8-10-14(4,5)6/h7-12H2,1-6H3/q+2. The molecule has 0 saturated carbocycles. The summed E-state index contributed by atoms with van der Waals surface area (Å²) >= 11 is 0. The Morgan fingerprint density at radius 1 is 0.667 bits per heavy atom. The van der Waals surface area contributed by atoms with E-state index in [9.17, 15) is 0 Å². The normalized spacial score (nSPS) is 13.2. The average molecular weight is 218 g/mol. The molecule has 0 aliphatic heterocycles. The van der Waals surface area contributed by atoms with Gasteiger partial charge in [0.15, 0.2) is 0 Å². The van der Waals surface area contributed by atoms with Crippen LogP contribution in [0.3, 0.4) is 0 Å². The number of hydrogen-bond acceptors (Lipinski definition) is 1. The van der Waals surface area contributed by atoms with Crippen molar-refractivity contribution in [2.45, 2.75) is 12.8 Å². The minimum Gasteiger partial charge on any atom is -0.381 e. The van der Waals surface area contributed by atoms with Crippen LogP contribution in [0.2, 0.25) is 0 Å². The van der Waals surface area contributed by atoms with Crippen LogP contribution in [-0.2, 0) is 4.74 Å². The van der Waals surface area contributed by atoms with Crippen molar-refractivity contribution in [3.05, 3.63) is 0 Å². The van der Waals surface area contributed by atoms with Crippen LogP contribution in [0.5, 0.6) is 0 Å². The molecule has 0 atom stereocenters. The van der Waals surface area contributed by atoms with Gasteiger partial charge in [0, 0.05) is 12.8 Å². The molecule has 0 aromatic rings. The Kier molecular flexibility index (Phi) is 6.41. The van der Waals surface area contributed by atoms with Gasteiger partial charge in [-0.3, -0.25) is 0 Å². The summed E-state index contributed by atoms with van der Waals surface area (Å²) in [7, 11) is 13.3. The van der Waals surface area contributed by atoms with Crippen molar-refractivity contribution in [3.8, 4) is 0 Å². The van der Waals surface area contributed by atoms with Crippen molar-refractivity contribution in [1.29, 1.82) is 0 Å². The lowest BCUT2D eigenvalue weighted by Crippen LogP contribution is -2.36. The Hall–Kier alpha value is -0.120. The fourth-order valence-electron chi connectivity index (χ4n) is 1.38. The molecule has 0 aliphatic carbocycles. The molecule has 92 valence electrons. The van der Waals surface area contributed by atoms with Crippen molar-refractivity contribution in [1.82, 2.24) is 0 Å². The summed E-state index contributed by atoms with van der Waals surface area (Å²) in [6.07, 6.45) is 2.32. The molecule has 0 amide bonds. The molecule has 0 aliphatic rings. The Bertz CT molecular complexity index is 138. The molecular weight excluding hydrogens is 188 g/mol. The van der Waals surface area contributed by atoms with E-state index in [1.807, 2.05) is 0 Å². The monoisotopic (exact) mass is 218 g/mol. The van der Waals surface area contributed by atoms with Crippen molar-refractivity contribution in [2.24, 2.45) is 0 Å². The van der Waals surface area contributed by atoms with Crippen LogP contribution in [0.1, 0.15) is 12.8 Å². The highest BCUT2D eigenvalue weighted by molar-refractivity contribution is 4.37. The van der Waals surface area contributed by atoms with Crippen LogP contribution in [0, 0.1) is 0 Å². The molecule has 0 unspecified atom stereocenters. The van der Waals surface area contributed by atoms with E-state index < -0.39 is 0 Å². The van der Waals surface area contributed by atoms with E-state index in [4.69, 9.17) is 4.74 Å². The Morgan fingerprint density at radius 2 is 1.00 bits per heavy atom. The van der Waals surface area contributed by atoms with Gasteiger partial charge < -0.3 is 13.7 Å². The first-order valence-electron chi connectivity index (χ1n) is 5.89. The lowest BCUT2D eigenvalue weighted by atomic mass is 10.4. The fourth-order valence-corrected chi connectivity index (χ4v) is 1.38. The van der Waals surface area contributed by atoms with Crippen LogP contribution >= 0.6 is 0 Å². The first kappa shape index (κ1) is 14.9. The minimum atomic E-state index is 0.909. The number of ether oxygens (including phenoxy) is 1. The zero-order valence-corrected chi connectivity index (χ0v) is 11.5. The quantitative estimate of drug-likeness (QED) is 0.439. The predicted octanol–water partition coefficient (Wildman–Crippen LogP) is 1.20. The van der Waals surface area contributed by atoms with E-state index in [0.717, 1.165) is 35.0 Å². The zero-order valence-electron chi connectivity index (χ0n) is 11.5. The van der Waals surface area contributed by atoms with Gasteiger partial charge in [-0.05, 0) is 0 Å². The Labute approximate surface area is 95.8 Å². The van der Waals surface area contributed by atoms with Crippen LogP contribution in [0.4, 0.5) is 0 Å². The van der Waals surface area contributed by atoms with Crippen LogP contribution < -0.4 is 0 Å². The van der Waals surface area contributed by atoms with Crippen molar-refractivity contribution >= 4 is 0 Å². The molecule has 3 nitrogen and oxygen atoms in total. The second-order valence-corrected chi connectivity index (χ2v) is 6.35. The lowest BCUT2D eigenvalue weighted by Gasteiger charge is -2.24. The molecule has 0 saturated heterocycles. The topological polar surface area (TPSA) is 9.23 Å². The molecule has 15 heavy (non-hydrogen) atoms. The molecule has 0 radical (unpaired) electrons. The van der Waals surface area contributed by atoms with E-state index in [1.54, 1.807) is 0 Å². The van der Waals surface area contributed by atoms with E-state index >= 15 is 0 Å². The first-order valence-corrected chi connectivity index (χ1v) is 5.89. The van der Waals surface area contributed by atoms with E-state index in [-0.39, 0.29) is 0 Å². The van der Waals surface area contributed by atoms with Gasteiger partial charge in [-0.15, -0.1) is 0 Å². The van der Waals surface area contributed by atoms with E-state index in [2.05, 4.69) is 42.3 Å². The third-order valence-electron chi connectivity index (χ3n) is 2.24. The summed E-state index contributed by atoms with van der Waals surface area (Å²) in [6, 6.07) is 0. The smallest absolute Gasteiger partial charge is 0.0802 e. The van der Waals surface area contributed by atoms with E-state index in [1.165, 1.54) is 13.1 Å².